The van der Waals surface area contributed by atoms with Gasteiger partial charge in [0.15, 0.2) is 0 Å². The first-order valence-corrected chi connectivity index (χ1v) is 4.80. The predicted molar refractivity (Wildman–Crippen MR) is 59.0 cm³/mol. The van der Waals surface area contributed by atoms with Gasteiger partial charge in [-0.1, -0.05) is 12.1 Å². The van der Waals surface area contributed by atoms with E-state index >= 15 is 0 Å². The van der Waals surface area contributed by atoms with E-state index in [9.17, 15) is 0 Å². The molecule has 0 saturated heterocycles. The summed E-state index contributed by atoms with van der Waals surface area (Å²) >= 11 is 0. The van der Waals surface area contributed by atoms with Crippen LogP contribution in [-0.2, 0) is 11.3 Å². The highest BCUT2D eigenvalue weighted by atomic mass is 16.5. The molecule has 0 amide bonds. The highest BCUT2D eigenvalue weighted by Gasteiger charge is 1.98. The number of ether oxygens (including phenoxy) is 1. The van der Waals surface area contributed by atoms with Gasteiger partial charge in [0.25, 0.3) is 0 Å². The van der Waals surface area contributed by atoms with Gasteiger partial charge in [0.2, 0.25) is 0 Å². The predicted octanol–water partition coefficient (Wildman–Crippen LogP) is 1.39. The average Bonchev–Trinajstić information content (AvgIpc) is 2.21. The first-order chi connectivity index (χ1) is 6.72. The normalized spacial score (nSPS) is 12.7. The van der Waals surface area contributed by atoms with E-state index in [0.29, 0.717) is 0 Å². The van der Waals surface area contributed by atoms with E-state index in [1.165, 1.54) is 5.56 Å². The number of nitrogens with two attached hydrogens (primary N) is 1. The standard InChI is InChI=1S/C11H18N2O/c1-9(14-2)7-13-8-10-3-5-11(12)6-4-10/h3-6,9,13H,7-8,12H2,1-2H3. The summed E-state index contributed by atoms with van der Waals surface area (Å²) in [6.45, 7) is 3.75. The Kier molecular flexibility index (Phi) is 4.43. The van der Waals surface area contributed by atoms with Crippen LogP contribution in [0.2, 0.25) is 0 Å². The lowest BCUT2D eigenvalue weighted by molar-refractivity contribution is 0.117. The summed E-state index contributed by atoms with van der Waals surface area (Å²) in [6, 6.07) is 7.88. The van der Waals surface area contributed by atoms with Crippen LogP contribution >= 0.6 is 0 Å². The summed E-state index contributed by atoms with van der Waals surface area (Å²) in [5.41, 5.74) is 7.63. The molecule has 0 aliphatic carbocycles. The van der Waals surface area contributed by atoms with Gasteiger partial charge in [0.1, 0.15) is 0 Å². The maximum atomic E-state index is 5.58. The molecule has 1 aromatic carbocycles. The van der Waals surface area contributed by atoms with Crippen molar-refractivity contribution in [1.29, 1.82) is 0 Å². The number of nitrogen functional groups attached to an aromatic ring is 1. The fraction of sp³-hybridized carbons (Fsp3) is 0.455. The minimum absolute atomic E-state index is 0.254. The van der Waals surface area contributed by atoms with Crippen LogP contribution in [-0.4, -0.2) is 19.8 Å². The van der Waals surface area contributed by atoms with Gasteiger partial charge >= 0.3 is 0 Å². The zero-order valence-corrected chi connectivity index (χ0v) is 8.79. The van der Waals surface area contributed by atoms with Gasteiger partial charge in [-0.2, -0.15) is 0 Å². The molecule has 0 radical (unpaired) electrons. The van der Waals surface area contributed by atoms with Gasteiger partial charge < -0.3 is 15.8 Å². The van der Waals surface area contributed by atoms with Crippen molar-refractivity contribution in [3.63, 3.8) is 0 Å². The minimum atomic E-state index is 0.254. The van der Waals surface area contributed by atoms with Crippen molar-refractivity contribution < 1.29 is 4.74 Å². The van der Waals surface area contributed by atoms with Crippen LogP contribution in [0.15, 0.2) is 24.3 Å². The highest BCUT2D eigenvalue weighted by molar-refractivity contribution is 5.39. The van der Waals surface area contributed by atoms with Crippen molar-refractivity contribution in [3.05, 3.63) is 29.8 Å². The van der Waals surface area contributed by atoms with Crippen LogP contribution in [0.4, 0.5) is 5.69 Å². The number of hydrogen-bond donors (Lipinski definition) is 2. The van der Waals surface area contributed by atoms with Crippen molar-refractivity contribution in [2.24, 2.45) is 0 Å². The summed E-state index contributed by atoms with van der Waals surface area (Å²) in [5, 5.41) is 3.31. The average molecular weight is 194 g/mol. The van der Waals surface area contributed by atoms with Crippen LogP contribution < -0.4 is 11.1 Å². The van der Waals surface area contributed by atoms with E-state index in [0.717, 1.165) is 18.8 Å². The Hall–Kier alpha value is -1.06. The summed E-state index contributed by atoms with van der Waals surface area (Å²) in [5.74, 6) is 0. The monoisotopic (exact) mass is 194 g/mol. The van der Waals surface area contributed by atoms with Gasteiger partial charge in [-0.3, -0.25) is 0 Å². The molecule has 0 aliphatic rings. The van der Waals surface area contributed by atoms with Crippen molar-refractivity contribution in [3.8, 4) is 0 Å². The van der Waals surface area contributed by atoms with Gasteiger partial charge in [-0.15, -0.1) is 0 Å². The largest absolute Gasteiger partial charge is 0.399 e. The van der Waals surface area contributed by atoms with E-state index in [4.69, 9.17) is 10.5 Å². The van der Waals surface area contributed by atoms with E-state index in [-0.39, 0.29) is 6.10 Å². The first kappa shape index (κ1) is 11.0. The number of methoxy groups -OCH3 is 1. The van der Waals surface area contributed by atoms with Crippen molar-refractivity contribution in [2.75, 3.05) is 19.4 Å². The third kappa shape index (κ3) is 3.77. The van der Waals surface area contributed by atoms with Gasteiger partial charge in [0, 0.05) is 25.9 Å². The molecule has 1 rings (SSSR count). The fourth-order valence-electron chi connectivity index (χ4n) is 1.14. The smallest absolute Gasteiger partial charge is 0.0667 e. The molecule has 78 valence electrons. The molecule has 3 N–H and O–H groups in total. The Morgan fingerprint density at radius 1 is 1.36 bits per heavy atom. The Bertz CT molecular complexity index is 258. The molecule has 0 spiro atoms. The first-order valence-electron chi connectivity index (χ1n) is 4.80. The summed E-state index contributed by atoms with van der Waals surface area (Å²) in [6.07, 6.45) is 0.254. The summed E-state index contributed by atoms with van der Waals surface area (Å²) in [4.78, 5) is 0. The van der Waals surface area contributed by atoms with Crippen LogP contribution in [0.5, 0.6) is 0 Å². The number of nitrogens with one attached hydrogen (secondary N) is 1. The van der Waals surface area contributed by atoms with Crippen molar-refractivity contribution in [1.82, 2.24) is 5.32 Å². The Morgan fingerprint density at radius 3 is 2.57 bits per heavy atom. The molecule has 14 heavy (non-hydrogen) atoms. The zero-order chi connectivity index (χ0) is 10.4. The number of rotatable bonds is 5. The molecule has 0 aromatic heterocycles. The van der Waals surface area contributed by atoms with E-state index in [1.54, 1.807) is 7.11 Å². The van der Waals surface area contributed by atoms with Crippen molar-refractivity contribution >= 4 is 5.69 Å². The quantitative estimate of drug-likeness (QED) is 0.696. The van der Waals surface area contributed by atoms with Crippen LogP contribution in [0.3, 0.4) is 0 Å². The van der Waals surface area contributed by atoms with E-state index < -0.39 is 0 Å². The molecule has 1 atom stereocenters. The Labute approximate surface area is 85.3 Å². The topological polar surface area (TPSA) is 47.3 Å². The second-order valence-electron chi connectivity index (χ2n) is 3.42. The minimum Gasteiger partial charge on any atom is -0.399 e. The molecule has 0 bridgehead atoms. The molecule has 0 aliphatic heterocycles. The van der Waals surface area contributed by atoms with Gasteiger partial charge in [0.05, 0.1) is 6.10 Å². The maximum absolute atomic E-state index is 5.58. The summed E-state index contributed by atoms with van der Waals surface area (Å²) < 4.78 is 5.12. The maximum Gasteiger partial charge on any atom is 0.0667 e. The van der Waals surface area contributed by atoms with Crippen LogP contribution in [0.25, 0.3) is 0 Å². The second kappa shape index (κ2) is 5.62. The number of anilines is 1. The molecule has 0 fully saturated rings. The third-order valence-corrected chi connectivity index (χ3v) is 2.14. The van der Waals surface area contributed by atoms with Crippen LogP contribution in [0.1, 0.15) is 12.5 Å². The summed E-state index contributed by atoms with van der Waals surface area (Å²) in [7, 11) is 1.72. The second-order valence-corrected chi connectivity index (χ2v) is 3.42. The SMILES string of the molecule is COC(C)CNCc1ccc(N)cc1. The van der Waals surface area contributed by atoms with Gasteiger partial charge in [-0.05, 0) is 24.6 Å². The number of benzene rings is 1. The van der Waals surface area contributed by atoms with Gasteiger partial charge in [-0.25, -0.2) is 0 Å². The lowest BCUT2D eigenvalue weighted by Gasteiger charge is -2.10. The third-order valence-electron chi connectivity index (χ3n) is 2.14. The molecular formula is C11H18N2O. The zero-order valence-electron chi connectivity index (χ0n) is 8.79. The molecule has 1 aromatic rings. The molecule has 1 unspecified atom stereocenters. The van der Waals surface area contributed by atoms with Crippen LogP contribution in [0, 0.1) is 0 Å². The van der Waals surface area contributed by atoms with Crippen molar-refractivity contribution in [2.45, 2.75) is 19.6 Å². The Balaban J connectivity index is 2.28. The lowest BCUT2D eigenvalue weighted by Crippen LogP contribution is -2.25. The van der Waals surface area contributed by atoms with E-state index in [1.807, 2.05) is 31.2 Å². The van der Waals surface area contributed by atoms with E-state index in [2.05, 4.69) is 5.32 Å². The molecule has 3 nitrogen and oxygen atoms in total. The molecular weight excluding hydrogens is 176 g/mol. The highest BCUT2D eigenvalue weighted by Crippen LogP contribution is 2.04. The lowest BCUT2D eigenvalue weighted by atomic mass is 10.2. The fourth-order valence-corrected chi connectivity index (χ4v) is 1.14. The Morgan fingerprint density at radius 2 is 2.00 bits per heavy atom. The molecule has 3 heteroatoms. The molecule has 0 heterocycles. The number of hydrogen-bond acceptors (Lipinski definition) is 3. The molecule has 0 saturated carbocycles.